The monoisotopic (exact) mass is 628 g/mol. The molecule has 0 radical (unpaired) electrons. The van der Waals surface area contributed by atoms with Crippen molar-refractivity contribution in [1.29, 1.82) is 0 Å². The summed E-state index contributed by atoms with van der Waals surface area (Å²) in [5.41, 5.74) is 11.3. The van der Waals surface area contributed by atoms with E-state index in [-0.39, 0.29) is 10.8 Å². The van der Waals surface area contributed by atoms with Crippen LogP contribution in [0, 0.1) is 38.1 Å². The molecular weight excluding hydrogens is 584 g/mol. The SMILES string of the molecule is CC(C)(C)c1c[c-]c2c(c1)-c1cc(C(C)(C)C)ccc1C2.Cc1cc[c-]cc1.Cc1cc[c-]cc1.[C-]1=CC=CC1.[CH2]=[Zr]. The molecule has 0 amide bonds. The Hall–Kier alpha value is -2.89. The van der Waals surface area contributed by atoms with Crippen molar-refractivity contribution in [2.24, 2.45) is 0 Å². The maximum atomic E-state index is 3.53. The van der Waals surface area contributed by atoms with Crippen molar-refractivity contribution in [1.82, 2.24) is 0 Å². The van der Waals surface area contributed by atoms with Crippen LogP contribution in [0.25, 0.3) is 11.1 Å². The molecule has 1 heteroatoms. The summed E-state index contributed by atoms with van der Waals surface area (Å²) in [6.07, 6.45) is 11.0. The van der Waals surface area contributed by atoms with E-state index in [1.807, 2.05) is 60.7 Å². The third-order valence-corrected chi connectivity index (χ3v) is 6.88. The third kappa shape index (κ3) is 11.8. The summed E-state index contributed by atoms with van der Waals surface area (Å²) in [6, 6.07) is 36.7. The van der Waals surface area contributed by atoms with E-state index in [0.29, 0.717) is 0 Å². The molecule has 218 valence electrons. The van der Waals surface area contributed by atoms with Crippen molar-refractivity contribution in [2.75, 3.05) is 0 Å². The van der Waals surface area contributed by atoms with Crippen molar-refractivity contribution in [3.05, 3.63) is 155 Å². The number of fused-ring (bicyclic) bond motifs is 3. The van der Waals surface area contributed by atoms with E-state index < -0.39 is 0 Å². The normalized spacial score (nSPS) is 12.1. The quantitative estimate of drug-likeness (QED) is 0.150. The molecule has 42 heavy (non-hydrogen) atoms. The molecule has 6 rings (SSSR count). The zero-order valence-electron chi connectivity index (χ0n) is 26.9. The van der Waals surface area contributed by atoms with Gasteiger partial charge in [0.15, 0.2) is 0 Å². The molecule has 0 spiro atoms. The van der Waals surface area contributed by atoms with E-state index in [1.165, 1.54) is 68.7 Å². The Morgan fingerprint density at radius 2 is 1.21 bits per heavy atom. The topological polar surface area (TPSA) is 0 Å². The summed E-state index contributed by atoms with van der Waals surface area (Å²) >= 11 is 1.30. The molecular formula is C41H46Zr-4. The van der Waals surface area contributed by atoms with E-state index in [2.05, 4.69) is 120 Å². The first-order valence-electron chi connectivity index (χ1n) is 14.6. The fraction of sp³-hybridized carbons (Fsp3) is 0.293. The maximum absolute atomic E-state index is 3.53. The molecule has 0 aromatic heterocycles. The van der Waals surface area contributed by atoms with Gasteiger partial charge in [0.2, 0.25) is 0 Å². The van der Waals surface area contributed by atoms with Crippen molar-refractivity contribution < 1.29 is 24.2 Å². The zero-order chi connectivity index (χ0) is 31.2. The standard InChI is InChI=1S/C21H25.2C7H7.C5H5.CH2.Zr/c1-20(2,3)16-9-7-14-11-15-8-10-17(21(4,5)6)13-19(15)18(14)12-16;2*1-7-5-3-2-4-6-7;1-2-4-5-3-1;;/h7,9-10,12-13H,11H2,1-6H3;2*3-6H,1H3;1-3H,4H2;1H2;/q4*-1;;. The summed E-state index contributed by atoms with van der Waals surface area (Å²) in [5, 5.41) is 0. The van der Waals surface area contributed by atoms with Gasteiger partial charge in [-0.15, -0.1) is 12.0 Å². The molecule has 0 atom stereocenters. The molecule has 0 unspecified atom stereocenters. The van der Waals surface area contributed by atoms with Crippen LogP contribution < -0.4 is 0 Å². The van der Waals surface area contributed by atoms with Gasteiger partial charge in [-0.05, 0) is 17.4 Å². The van der Waals surface area contributed by atoms with Gasteiger partial charge >= 0.3 is 28.4 Å². The van der Waals surface area contributed by atoms with Gasteiger partial charge in [-0.3, -0.25) is 6.08 Å². The number of allylic oxidation sites excluding steroid dienone is 4. The van der Waals surface area contributed by atoms with Crippen molar-refractivity contribution in [2.45, 2.75) is 79.1 Å². The van der Waals surface area contributed by atoms with Crippen LogP contribution >= 0.6 is 0 Å². The van der Waals surface area contributed by atoms with Crippen LogP contribution in [0.15, 0.2) is 97.1 Å². The summed E-state index contributed by atoms with van der Waals surface area (Å²) in [4.78, 5) is 0. The Morgan fingerprint density at radius 3 is 1.60 bits per heavy atom. The van der Waals surface area contributed by atoms with E-state index in [1.54, 1.807) is 0 Å². The predicted molar refractivity (Wildman–Crippen MR) is 180 cm³/mol. The Balaban J connectivity index is 0.000000237. The summed E-state index contributed by atoms with van der Waals surface area (Å²) in [6.45, 7) is 17.8. The zero-order valence-corrected chi connectivity index (χ0v) is 29.3. The first-order chi connectivity index (χ1) is 19.9. The van der Waals surface area contributed by atoms with Crippen molar-refractivity contribution >= 4 is 4.21 Å². The number of benzene rings is 4. The van der Waals surface area contributed by atoms with Gasteiger partial charge in [0.25, 0.3) is 0 Å². The van der Waals surface area contributed by atoms with Gasteiger partial charge in [-0.1, -0.05) is 90.1 Å². The molecule has 2 aliphatic rings. The van der Waals surface area contributed by atoms with Crippen LogP contribution in [0.5, 0.6) is 0 Å². The Morgan fingerprint density at radius 1 is 0.690 bits per heavy atom. The summed E-state index contributed by atoms with van der Waals surface area (Å²) in [7, 11) is 0. The summed E-state index contributed by atoms with van der Waals surface area (Å²) in [5.74, 6) is 0. The van der Waals surface area contributed by atoms with Crippen LogP contribution in [0.3, 0.4) is 0 Å². The van der Waals surface area contributed by atoms with Crippen LogP contribution in [0.2, 0.25) is 0 Å². The number of aryl methyl sites for hydroxylation is 2. The van der Waals surface area contributed by atoms with Crippen LogP contribution in [0.4, 0.5) is 0 Å². The van der Waals surface area contributed by atoms with Gasteiger partial charge in [0.1, 0.15) is 0 Å². The molecule has 0 saturated heterocycles. The average molecular weight is 630 g/mol. The van der Waals surface area contributed by atoms with Crippen LogP contribution in [-0.4, -0.2) is 4.21 Å². The molecule has 0 fully saturated rings. The van der Waals surface area contributed by atoms with Gasteiger partial charge in [0.05, 0.1) is 0 Å². The van der Waals surface area contributed by atoms with Gasteiger partial charge < -0.3 is 0 Å². The van der Waals surface area contributed by atoms with Gasteiger partial charge in [-0.25, -0.2) is 12.2 Å². The van der Waals surface area contributed by atoms with Crippen LogP contribution in [0.1, 0.15) is 81.3 Å². The van der Waals surface area contributed by atoms with E-state index in [9.17, 15) is 0 Å². The Bertz CT molecular complexity index is 1300. The third-order valence-electron chi connectivity index (χ3n) is 6.88. The molecule has 4 aromatic rings. The summed E-state index contributed by atoms with van der Waals surface area (Å²) < 4.78 is 3.34. The number of rotatable bonds is 0. The first kappa shape index (κ1) is 35.3. The molecule has 2 aliphatic carbocycles. The Labute approximate surface area is 272 Å². The molecule has 0 nitrogen and oxygen atoms in total. The van der Waals surface area contributed by atoms with E-state index >= 15 is 0 Å². The molecule has 0 heterocycles. The minimum atomic E-state index is 0.177. The second-order valence-corrected chi connectivity index (χ2v) is 12.5. The first-order valence-corrected chi connectivity index (χ1v) is 16.3. The molecule has 0 N–H and O–H groups in total. The second kappa shape index (κ2) is 17.3. The number of hydrogen-bond acceptors (Lipinski definition) is 0. The van der Waals surface area contributed by atoms with Crippen LogP contribution in [-0.2, 0) is 41.5 Å². The fourth-order valence-corrected chi connectivity index (χ4v) is 4.27. The van der Waals surface area contributed by atoms with Gasteiger partial charge in [-0.2, -0.15) is 107 Å². The Kier molecular flexibility index (Phi) is 14.5. The fourth-order valence-electron chi connectivity index (χ4n) is 4.27. The van der Waals surface area contributed by atoms with Crippen molar-refractivity contribution in [3.63, 3.8) is 0 Å². The van der Waals surface area contributed by atoms with E-state index in [4.69, 9.17) is 0 Å². The molecule has 0 saturated carbocycles. The van der Waals surface area contributed by atoms with Gasteiger partial charge in [0, 0.05) is 0 Å². The van der Waals surface area contributed by atoms with E-state index in [0.717, 1.165) is 12.8 Å². The van der Waals surface area contributed by atoms with Crippen molar-refractivity contribution in [3.8, 4) is 11.1 Å². The number of hydrogen-bond donors (Lipinski definition) is 0. The minimum absolute atomic E-state index is 0.177. The molecule has 0 aliphatic heterocycles. The average Bonchev–Trinajstić information content (AvgIpc) is 3.66. The molecule has 4 aromatic carbocycles. The predicted octanol–water partition coefficient (Wildman–Crippen LogP) is 10.5. The second-order valence-electron chi connectivity index (χ2n) is 12.5. The molecule has 0 bridgehead atoms.